The Balaban J connectivity index is 2.17. The molecule has 1 aliphatic rings. The Morgan fingerprint density at radius 3 is 2.94 bits per heavy atom. The van der Waals surface area contributed by atoms with E-state index in [1.54, 1.807) is 31.4 Å². The van der Waals surface area contributed by atoms with E-state index in [0.717, 1.165) is 0 Å². The molecule has 0 unspecified atom stereocenters. The Hall–Kier alpha value is -1.84. The highest BCUT2D eigenvalue weighted by molar-refractivity contribution is 6.00. The SMILES string of the molecule is COc1cccc(C(=O)[C@@H]2COC(=O)C2)c1. The van der Waals surface area contributed by atoms with Gasteiger partial charge in [-0.15, -0.1) is 0 Å². The monoisotopic (exact) mass is 220 g/mol. The van der Waals surface area contributed by atoms with Crippen molar-refractivity contribution in [1.29, 1.82) is 0 Å². The quantitative estimate of drug-likeness (QED) is 0.571. The van der Waals surface area contributed by atoms with Gasteiger partial charge in [-0.2, -0.15) is 0 Å². The average molecular weight is 220 g/mol. The molecule has 1 fully saturated rings. The molecule has 0 N–H and O–H groups in total. The second-order valence-electron chi connectivity index (χ2n) is 3.68. The normalized spacial score (nSPS) is 19.3. The van der Waals surface area contributed by atoms with Gasteiger partial charge in [-0.3, -0.25) is 9.59 Å². The maximum atomic E-state index is 12.0. The van der Waals surface area contributed by atoms with Crippen molar-refractivity contribution >= 4 is 11.8 Å². The molecular formula is C12H12O4. The Labute approximate surface area is 93.2 Å². The van der Waals surface area contributed by atoms with Gasteiger partial charge in [-0.05, 0) is 12.1 Å². The molecule has 0 aliphatic carbocycles. The molecular weight excluding hydrogens is 208 g/mol. The van der Waals surface area contributed by atoms with Gasteiger partial charge in [0.2, 0.25) is 0 Å². The molecule has 2 rings (SSSR count). The van der Waals surface area contributed by atoms with Crippen LogP contribution in [-0.2, 0) is 9.53 Å². The van der Waals surface area contributed by atoms with Crippen LogP contribution >= 0.6 is 0 Å². The second-order valence-corrected chi connectivity index (χ2v) is 3.68. The maximum Gasteiger partial charge on any atom is 0.306 e. The van der Waals surface area contributed by atoms with Gasteiger partial charge >= 0.3 is 5.97 Å². The number of Topliss-reactive ketones (excluding diaryl/α,β-unsaturated/α-hetero) is 1. The fraction of sp³-hybridized carbons (Fsp3) is 0.333. The van der Waals surface area contributed by atoms with E-state index in [-0.39, 0.29) is 30.7 Å². The van der Waals surface area contributed by atoms with Crippen molar-refractivity contribution in [3.05, 3.63) is 29.8 Å². The van der Waals surface area contributed by atoms with Gasteiger partial charge in [0, 0.05) is 5.56 Å². The lowest BCUT2D eigenvalue weighted by atomic mass is 9.97. The minimum absolute atomic E-state index is 0.0650. The summed E-state index contributed by atoms with van der Waals surface area (Å²) in [5, 5.41) is 0. The number of methoxy groups -OCH3 is 1. The van der Waals surface area contributed by atoms with Crippen LogP contribution in [0.1, 0.15) is 16.8 Å². The van der Waals surface area contributed by atoms with E-state index in [1.165, 1.54) is 0 Å². The van der Waals surface area contributed by atoms with Crippen molar-refractivity contribution in [3.63, 3.8) is 0 Å². The first-order valence-electron chi connectivity index (χ1n) is 5.04. The molecule has 4 heteroatoms. The van der Waals surface area contributed by atoms with Gasteiger partial charge in [0.1, 0.15) is 12.4 Å². The van der Waals surface area contributed by atoms with E-state index in [4.69, 9.17) is 9.47 Å². The molecule has 0 saturated carbocycles. The summed E-state index contributed by atoms with van der Waals surface area (Å²) in [6.07, 6.45) is 0.177. The molecule has 1 aromatic carbocycles. The molecule has 84 valence electrons. The van der Waals surface area contributed by atoms with Crippen LogP contribution in [0.25, 0.3) is 0 Å². The molecule has 1 aromatic rings. The van der Waals surface area contributed by atoms with E-state index in [1.807, 2.05) is 0 Å². The van der Waals surface area contributed by atoms with Crippen LogP contribution in [0.4, 0.5) is 0 Å². The predicted molar refractivity (Wildman–Crippen MR) is 56.4 cm³/mol. The number of hydrogen-bond donors (Lipinski definition) is 0. The van der Waals surface area contributed by atoms with Crippen LogP contribution in [0.15, 0.2) is 24.3 Å². The summed E-state index contributed by atoms with van der Waals surface area (Å²) in [6, 6.07) is 6.91. The maximum absolute atomic E-state index is 12.0. The van der Waals surface area contributed by atoms with Crippen LogP contribution in [-0.4, -0.2) is 25.5 Å². The molecule has 0 amide bonds. The van der Waals surface area contributed by atoms with Gasteiger partial charge < -0.3 is 9.47 Å². The van der Waals surface area contributed by atoms with E-state index in [9.17, 15) is 9.59 Å². The van der Waals surface area contributed by atoms with Gasteiger partial charge in [0.05, 0.1) is 19.4 Å². The van der Waals surface area contributed by atoms with Crippen molar-refractivity contribution < 1.29 is 19.1 Å². The van der Waals surface area contributed by atoms with Gasteiger partial charge in [-0.1, -0.05) is 12.1 Å². The van der Waals surface area contributed by atoms with Crippen LogP contribution in [0, 0.1) is 5.92 Å². The molecule has 0 radical (unpaired) electrons. The smallest absolute Gasteiger partial charge is 0.306 e. The fourth-order valence-electron chi connectivity index (χ4n) is 1.69. The van der Waals surface area contributed by atoms with Crippen LogP contribution in [0.2, 0.25) is 0 Å². The molecule has 0 bridgehead atoms. The number of carbonyl (C=O) groups excluding carboxylic acids is 2. The summed E-state index contributed by atoms with van der Waals surface area (Å²) < 4.78 is 9.81. The van der Waals surface area contributed by atoms with Gasteiger partial charge in [0.15, 0.2) is 5.78 Å². The highest BCUT2D eigenvalue weighted by Gasteiger charge is 2.30. The van der Waals surface area contributed by atoms with E-state index in [0.29, 0.717) is 11.3 Å². The standard InChI is InChI=1S/C12H12O4/c1-15-10-4-2-3-8(5-10)12(14)9-6-11(13)16-7-9/h2-5,9H,6-7H2,1H3/t9-/m0/s1. The summed E-state index contributed by atoms with van der Waals surface area (Å²) >= 11 is 0. The van der Waals surface area contributed by atoms with E-state index < -0.39 is 0 Å². The summed E-state index contributed by atoms with van der Waals surface area (Å²) in [7, 11) is 1.55. The van der Waals surface area contributed by atoms with Gasteiger partial charge in [0.25, 0.3) is 0 Å². The number of carbonyl (C=O) groups is 2. The Morgan fingerprint density at radius 2 is 2.31 bits per heavy atom. The second kappa shape index (κ2) is 4.35. The molecule has 4 nitrogen and oxygen atoms in total. The predicted octanol–water partition coefficient (Wildman–Crippen LogP) is 1.44. The third-order valence-electron chi connectivity index (χ3n) is 2.58. The summed E-state index contributed by atoms with van der Waals surface area (Å²) in [6.45, 7) is 0.189. The van der Waals surface area contributed by atoms with E-state index >= 15 is 0 Å². The van der Waals surface area contributed by atoms with Crippen LogP contribution in [0.5, 0.6) is 5.75 Å². The minimum Gasteiger partial charge on any atom is -0.497 e. The van der Waals surface area contributed by atoms with Crippen LogP contribution in [0.3, 0.4) is 0 Å². The van der Waals surface area contributed by atoms with E-state index in [2.05, 4.69) is 0 Å². The summed E-state index contributed by atoms with van der Waals surface area (Å²) in [5.41, 5.74) is 0.558. The Kier molecular flexibility index (Phi) is 2.90. The lowest BCUT2D eigenvalue weighted by molar-refractivity contribution is -0.137. The molecule has 0 aromatic heterocycles. The first kappa shape index (κ1) is 10.7. The topological polar surface area (TPSA) is 52.6 Å². The number of hydrogen-bond acceptors (Lipinski definition) is 4. The zero-order valence-corrected chi connectivity index (χ0v) is 8.93. The minimum atomic E-state index is -0.348. The third kappa shape index (κ3) is 2.05. The van der Waals surface area contributed by atoms with Crippen molar-refractivity contribution in [2.45, 2.75) is 6.42 Å². The van der Waals surface area contributed by atoms with Crippen LogP contribution < -0.4 is 4.74 Å². The molecule has 0 spiro atoms. The Morgan fingerprint density at radius 1 is 1.50 bits per heavy atom. The van der Waals surface area contributed by atoms with Crippen molar-refractivity contribution in [3.8, 4) is 5.75 Å². The highest BCUT2D eigenvalue weighted by atomic mass is 16.5. The zero-order valence-electron chi connectivity index (χ0n) is 8.93. The number of rotatable bonds is 3. The van der Waals surface area contributed by atoms with Crippen molar-refractivity contribution in [2.24, 2.45) is 5.92 Å². The molecule has 1 atom stereocenters. The van der Waals surface area contributed by atoms with Gasteiger partial charge in [-0.25, -0.2) is 0 Å². The number of esters is 1. The highest BCUT2D eigenvalue weighted by Crippen LogP contribution is 2.21. The molecule has 1 saturated heterocycles. The first-order chi connectivity index (χ1) is 7.70. The Bertz CT molecular complexity index is 425. The molecule has 1 heterocycles. The lowest BCUT2D eigenvalue weighted by Gasteiger charge is -2.06. The van der Waals surface area contributed by atoms with Crippen molar-refractivity contribution in [1.82, 2.24) is 0 Å². The molecule has 1 aliphatic heterocycles. The number of benzene rings is 1. The number of ketones is 1. The first-order valence-corrected chi connectivity index (χ1v) is 5.04. The lowest BCUT2D eigenvalue weighted by Crippen LogP contribution is -2.14. The number of cyclic esters (lactones) is 1. The zero-order chi connectivity index (χ0) is 11.5. The third-order valence-corrected chi connectivity index (χ3v) is 2.58. The molecule has 16 heavy (non-hydrogen) atoms. The largest absolute Gasteiger partial charge is 0.497 e. The number of ether oxygens (including phenoxy) is 2. The van der Waals surface area contributed by atoms with Crippen molar-refractivity contribution in [2.75, 3.05) is 13.7 Å². The summed E-state index contributed by atoms with van der Waals surface area (Å²) in [5.74, 6) is -0.0818. The fourth-order valence-corrected chi connectivity index (χ4v) is 1.69. The average Bonchev–Trinajstić information content (AvgIpc) is 2.75. The summed E-state index contributed by atoms with van der Waals surface area (Å²) in [4.78, 5) is 22.9.